The van der Waals surface area contributed by atoms with E-state index in [0.29, 0.717) is 13.2 Å². The molecule has 0 spiro atoms. The minimum absolute atomic E-state index is 0.328. The van der Waals surface area contributed by atoms with E-state index in [1.807, 2.05) is 0 Å². The van der Waals surface area contributed by atoms with Crippen molar-refractivity contribution in [1.29, 1.82) is 0 Å². The lowest BCUT2D eigenvalue weighted by Gasteiger charge is -2.24. The number of rotatable bonds is 6. The van der Waals surface area contributed by atoms with Crippen molar-refractivity contribution in [3.63, 3.8) is 0 Å². The molecule has 0 heterocycles. The minimum Gasteiger partial charge on any atom is -0.392 e. The third kappa shape index (κ3) is 3.77. The maximum Gasteiger partial charge on any atom is 0.336 e. The summed E-state index contributed by atoms with van der Waals surface area (Å²) >= 11 is 0. The third-order valence-electron chi connectivity index (χ3n) is 1.82. The summed E-state index contributed by atoms with van der Waals surface area (Å²) in [6, 6.07) is 0. The van der Waals surface area contributed by atoms with Crippen molar-refractivity contribution in [2.24, 2.45) is 0 Å². The van der Waals surface area contributed by atoms with Crippen LogP contribution in [-0.4, -0.2) is 30.1 Å². The molecule has 0 unspecified atom stereocenters. The molecule has 0 aliphatic heterocycles. The Hall–Kier alpha value is 0.110. The van der Waals surface area contributed by atoms with Gasteiger partial charge in [0.25, 0.3) is 0 Å². The lowest BCUT2D eigenvalue weighted by atomic mass is 10.3. The molecular weight excluding hydrogens is 191 g/mol. The van der Waals surface area contributed by atoms with Gasteiger partial charge in [0.15, 0.2) is 0 Å². The third-order valence-corrected chi connectivity index (χ3v) is 4.48. The van der Waals surface area contributed by atoms with E-state index < -0.39 is 19.4 Å². The second-order valence-electron chi connectivity index (χ2n) is 2.86. The second-order valence-corrected chi connectivity index (χ2v) is 5.27. The van der Waals surface area contributed by atoms with Gasteiger partial charge in [0, 0.05) is 0 Å². The molecule has 0 aliphatic carbocycles. The van der Waals surface area contributed by atoms with Crippen LogP contribution in [0.15, 0.2) is 0 Å². The molecule has 13 heavy (non-hydrogen) atoms. The lowest BCUT2D eigenvalue weighted by Crippen LogP contribution is -2.22. The number of hydrogen-bond acceptors (Lipinski definition) is 4. The maximum atomic E-state index is 12.0. The predicted molar refractivity (Wildman–Crippen MR) is 52.0 cm³/mol. The van der Waals surface area contributed by atoms with Gasteiger partial charge in [0.05, 0.1) is 25.0 Å². The molecule has 0 saturated carbocycles. The molecule has 0 aromatic carbocycles. The zero-order valence-corrected chi connectivity index (χ0v) is 9.58. The first-order valence-corrected chi connectivity index (χ1v) is 6.16. The summed E-state index contributed by atoms with van der Waals surface area (Å²) in [7, 11) is -3.12. The molecule has 2 atom stereocenters. The van der Waals surface area contributed by atoms with Crippen LogP contribution in [0.4, 0.5) is 0 Å². The smallest absolute Gasteiger partial charge is 0.336 e. The maximum absolute atomic E-state index is 12.0. The first-order valence-electron chi connectivity index (χ1n) is 4.54. The Morgan fingerprint density at radius 1 is 1.23 bits per heavy atom. The fourth-order valence-electron chi connectivity index (χ4n) is 0.897. The summed E-state index contributed by atoms with van der Waals surface area (Å²) in [5, 5.41) is 9.28. The van der Waals surface area contributed by atoms with E-state index in [0.717, 1.165) is 0 Å². The molecule has 0 aromatic heterocycles. The highest BCUT2D eigenvalue weighted by Crippen LogP contribution is 2.53. The van der Waals surface area contributed by atoms with Gasteiger partial charge in [-0.1, -0.05) is 0 Å². The van der Waals surface area contributed by atoms with Crippen molar-refractivity contribution in [1.82, 2.24) is 0 Å². The number of aliphatic hydroxyl groups is 1. The number of aliphatic hydroxyl groups excluding tert-OH is 1. The Morgan fingerprint density at radius 3 is 1.85 bits per heavy atom. The minimum atomic E-state index is -3.12. The number of hydrogen-bond donors (Lipinski definition) is 1. The van der Waals surface area contributed by atoms with Gasteiger partial charge in [-0.25, -0.2) is 0 Å². The van der Waals surface area contributed by atoms with Crippen LogP contribution in [0.1, 0.15) is 27.7 Å². The molecule has 0 fully saturated rings. The molecule has 0 radical (unpaired) electrons. The van der Waals surface area contributed by atoms with Crippen molar-refractivity contribution in [2.75, 3.05) is 13.2 Å². The fourth-order valence-corrected chi connectivity index (χ4v) is 2.69. The average Bonchev–Trinajstić information content (AvgIpc) is 2.03. The fraction of sp³-hybridized carbons (Fsp3) is 1.00. The Morgan fingerprint density at radius 2 is 1.62 bits per heavy atom. The van der Waals surface area contributed by atoms with Gasteiger partial charge in [-0.05, 0) is 27.7 Å². The summed E-state index contributed by atoms with van der Waals surface area (Å²) in [5.41, 5.74) is -0.479. The molecule has 0 aliphatic rings. The topological polar surface area (TPSA) is 55.8 Å². The second kappa shape index (κ2) is 5.76. The van der Waals surface area contributed by atoms with Crippen LogP contribution in [0.2, 0.25) is 0 Å². The van der Waals surface area contributed by atoms with Crippen molar-refractivity contribution < 1.29 is 18.7 Å². The van der Waals surface area contributed by atoms with Crippen LogP contribution in [0.3, 0.4) is 0 Å². The zero-order chi connectivity index (χ0) is 10.5. The summed E-state index contributed by atoms with van der Waals surface area (Å²) in [6.07, 6.45) is -0.691. The first kappa shape index (κ1) is 13.1. The van der Waals surface area contributed by atoms with Gasteiger partial charge >= 0.3 is 7.60 Å². The van der Waals surface area contributed by atoms with E-state index in [2.05, 4.69) is 0 Å². The summed E-state index contributed by atoms with van der Waals surface area (Å²) in [6.45, 7) is 7.40. The van der Waals surface area contributed by atoms with E-state index >= 15 is 0 Å². The molecule has 80 valence electrons. The largest absolute Gasteiger partial charge is 0.392 e. The van der Waals surface area contributed by atoms with Crippen LogP contribution < -0.4 is 0 Å². The SMILES string of the molecule is CCOP(=O)(OCC)[C@@H](C)[C@@H](C)O. The molecule has 0 aromatic rings. The Balaban J connectivity index is 4.47. The lowest BCUT2D eigenvalue weighted by molar-refractivity contribution is 0.156. The highest BCUT2D eigenvalue weighted by atomic mass is 31.2. The highest BCUT2D eigenvalue weighted by Gasteiger charge is 2.34. The van der Waals surface area contributed by atoms with Gasteiger partial charge < -0.3 is 14.2 Å². The Kier molecular flexibility index (Phi) is 5.81. The van der Waals surface area contributed by atoms with Gasteiger partial charge in [0.2, 0.25) is 0 Å². The van der Waals surface area contributed by atoms with Gasteiger partial charge in [-0.15, -0.1) is 0 Å². The van der Waals surface area contributed by atoms with Crippen molar-refractivity contribution in [3.8, 4) is 0 Å². The Bertz CT molecular complexity index is 171. The van der Waals surface area contributed by atoms with Crippen LogP contribution in [0.25, 0.3) is 0 Å². The highest BCUT2D eigenvalue weighted by molar-refractivity contribution is 7.54. The monoisotopic (exact) mass is 210 g/mol. The van der Waals surface area contributed by atoms with Gasteiger partial charge in [-0.3, -0.25) is 4.57 Å². The summed E-state index contributed by atoms with van der Waals surface area (Å²) in [4.78, 5) is 0. The van der Waals surface area contributed by atoms with Crippen LogP contribution in [0.5, 0.6) is 0 Å². The summed E-state index contributed by atoms with van der Waals surface area (Å²) in [5.74, 6) is 0. The van der Waals surface area contributed by atoms with Crippen molar-refractivity contribution in [3.05, 3.63) is 0 Å². The van der Waals surface area contributed by atoms with Crippen LogP contribution >= 0.6 is 7.60 Å². The normalized spacial score (nSPS) is 17.0. The molecule has 0 bridgehead atoms. The molecule has 0 amide bonds. The standard InChI is InChI=1S/C8H19O4P/c1-5-11-13(10,12-6-2)8(4)7(3)9/h7-9H,5-6H2,1-4H3/t7-,8+/m1/s1. The van der Waals surface area contributed by atoms with E-state index in [1.165, 1.54) is 0 Å². The van der Waals surface area contributed by atoms with Crippen molar-refractivity contribution >= 4 is 7.60 Å². The van der Waals surface area contributed by atoms with Crippen molar-refractivity contribution in [2.45, 2.75) is 39.5 Å². The van der Waals surface area contributed by atoms with E-state index in [4.69, 9.17) is 9.05 Å². The molecule has 1 N–H and O–H groups in total. The van der Waals surface area contributed by atoms with Gasteiger partial charge in [-0.2, -0.15) is 0 Å². The Labute approximate surface area is 79.8 Å². The van der Waals surface area contributed by atoms with Crippen LogP contribution in [0, 0.1) is 0 Å². The molecular formula is C8H19O4P. The van der Waals surface area contributed by atoms with E-state index in [1.54, 1.807) is 27.7 Å². The molecule has 0 saturated heterocycles. The quantitative estimate of drug-likeness (QED) is 0.681. The van der Waals surface area contributed by atoms with E-state index in [9.17, 15) is 9.67 Å². The molecule has 5 heteroatoms. The molecule has 4 nitrogen and oxygen atoms in total. The first-order chi connectivity index (χ1) is 5.98. The zero-order valence-electron chi connectivity index (χ0n) is 8.69. The predicted octanol–water partition coefficient (Wildman–Crippen LogP) is 2.02. The average molecular weight is 210 g/mol. The van der Waals surface area contributed by atoms with Crippen LogP contribution in [-0.2, 0) is 13.6 Å². The molecule has 0 rings (SSSR count). The van der Waals surface area contributed by atoms with Gasteiger partial charge in [0.1, 0.15) is 0 Å². The summed E-state index contributed by atoms with van der Waals surface area (Å²) < 4.78 is 22.1. The van der Waals surface area contributed by atoms with E-state index in [-0.39, 0.29) is 0 Å².